The maximum atomic E-state index is 11.2. The summed E-state index contributed by atoms with van der Waals surface area (Å²) in [4.78, 5) is 11.2. The van der Waals surface area contributed by atoms with Crippen molar-refractivity contribution in [2.24, 2.45) is 0 Å². The first-order valence-electron chi connectivity index (χ1n) is 5.16. The lowest BCUT2D eigenvalue weighted by Gasteiger charge is -2.03. The Balaban J connectivity index is 2.33. The summed E-state index contributed by atoms with van der Waals surface area (Å²) in [5.41, 5.74) is 0.948. The van der Waals surface area contributed by atoms with E-state index in [2.05, 4.69) is 0 Å². The van der Waals surface area contributed by atoms with Gasteiger partial charge in [-0.3, -0.25) is 4.79 Å². The second-order valence-electron chi connectivity index (χ2n) is 3.39. The van der Waals surface area contributed by atoms with Gasteiger partial charge < -0.3 is 9.84 Å². The number of phenols is 1. The Labute approximate surface area is 89.7 Å². The third-order valence-corrected chi connectivity index (χ3v) is 2.00. The highest BCUT2D eigenvalue weighted by Gasteiger charge is 2.03. The molecule has 0 aliphatic rings. The predicted octanol–water partition coefficient (Wildman–Crippen LogP) is 2.28. The number of esters is 1. The summed E-state index contributed by atoms with van der Waals surface area (Å²) in [6, 6.07) is 6.92. The van der Waals surface area contributed by atoms with Crippen molar-refractivity contribution >= 4 is 5.97 Å². The molecule has 0 saturated heterocycles. The van der Waals surface area contributed by atoms with E-state index in [1.165, 1.54) is 0 Å². The zero-order valence-corrected chi connectivity index (χ0v) is 8.90. The summed E-state index contributed by atoms with van der Waals surface area (Å²) < 4.78 is 4.94. The van der Waals surface area contributed by atoms with Gasteiger partial charge in [-0.2, -0.15) is 0 Å². The van der Waals surface area contributed by atoms with E-state index in [0.717, 1.165) is 12.0 Å². The number of carbonyl (C=O) groups excluding carboxylic acids is 1. The average Bonchev–Trinajstić information content (AvgIpc) is 2.23. The van der Waals surface area contributed by atoms with Crippen LogP contribution in [-0.2, 0) is 16.0 Å². The van der Waals surface area contributed by atoms with E-state index in [1.54, 1.807) is 18.2 Å². The topological polar surface area (TPSA) is 46.5 Å². The molecule has 0 radical (unpaired) electrons. The second-order valence-corrected chi connectivity index (χ2v) is 3.39. The van der Waals surface area contributed by atoms with E-state index >= 15 is 0 Å². The van der Waals surface area contributed by atoms with Crippen LogP contribution in [0.4, 0.5) is 0 Å². The fraction of sp³-hybridized carbons (Fsp3) is 0.417. The maximum absolute atomic E-state index is 11.2. The van der Waals surface area contributed by atoms with Gasteiger partial charge in [-0.15, -0.1) is 0 Å². The van der Waals surface area contributed by atoms with Gasteiger partial charge >= 0.3 is 5.97 Å². The van der Waals surface area contributed by atoms with Crippen LogP contribution in [0.25, 0.3) is 0 Å². The molecule has 82 valence electrons. The van der Waals surface area contributed by atoms with Crippen LogP contribution in [0, 0.1) is 0 Å². The molecule has 1 N–H and O–H groups in total. The van der Waals surface area contributed by atoms with Gasteiger partial charge in [-0.25, -0.2) is 0 Å². The number of rotatable bonds is 5. The first kappa shape index (κ1) is 11.6. The number of aromatic hydroxyl groups is 1. The number of hydrogen-bond acceptors (Lipinski definition) is 3. The van der Waals surface area contributed by atoms with Crippen molar-refractivity contribution in [3.63, 3.8) is 0 Å². The molecule has 0 unspecified atom stereocenters. The molecule has 0 amide bonds. The molecule has 0 heterocycles. The summed E-state index contributed by atoms with van der Waals surface area (Å²) in [6.45, 7) is 2.45. The Morgan fingerprint density at radius 3 is 2.93 bits per heavy atom. The molecule has 1 aromatic carbocycles. The molecular formula is C12H16O3. The lowest BCUT2D eigenvalue weighted by Crippen LogP contribution is -2.06. The van der Waals surface area contributed by atoms with Crippen molar-refractivity contribution in [1.29, 1.82) is 0 Å². The minimum atomic E-state index is -0.180. The van der Waals surface area contributed by atoms with Gasteiger partial charge in [0.1, 0.15) is 5.75 Å². The molecular weight excluding hydrogens is 192 g/mol. The molecule has 0 atom stereocenters. The Bertz CT molecular complexity index is 320. The molecule has 0 bridgehead atoms. The SMILES string of the molecule is CCCOC(=O)CCc1cccc(O)c1. The molecule has 15 heavy (non-hydrogen) atoms. The summed E-state index contributed by atoms with van der Waals surface area (Å²) in [6.07, 6.45) is 1.82. The number of phenolic OH excluding ortho intramolecular Hbond substituents is 1. The molecule has 0 aliphatic heterocycles. The number of aryl methyl sites for hydroxylation is 1. The molecule has 0 aromatic heterocycles. The highest BCUT2D eigenvalue weighted by molar-refractivity contribution is 5.69. The third kappa shape index (κ3) is 4.49. The normalized spacial score (nSPS) is 9.93. The van der Waals surface area contributed by atoms with Crippen LogP contribution in [0.2, 0.25) is 0 Å². The fourth-order valence-corrected chi connectivity index (χ4v) is 1.25. The minimum Gasteiger partial charge on any atom is -0.508 e. The van der Waals surface area contributed by atoms with Gasteiger partial charge in [0.05, 0.1) is 6.61 Å². The van der Waals surface area contributed by atoms with Crippen molar-refractivity contribution in [2.75, 3.05) is 6.61 Å². The Morgan fingerprint density at radius 2 is 2.27 bits per heavy atom. The smallest absolute Gasteiger partial charge is 0.306 e. The van der Waals surface area contributed by atoms with Crippen LogP contribution < -0.4 is 0 Å². The third-order valence-electron chi connectivity index (χ3n) is 2.00. The Kier molecular flexibility index (Phi) is 4.68. The van der Waals surface area contributed by atoms with Gasteiger partial charge in [-0.1, -0.05) is 19.1 Å². The summed E-state index contributed by atoms with van der Waals surface area (Å²) in [7, 11) is 0. The lowest BCUT2D eigenvalue weighted by molar-refractivity contribution is -0.143. The van der Waals surface area contributed by atoms with Crippen LogP contribution in [-0.4, -0.2) is 17.7 Å². The lowest BCUT2D eigenvalue weighted by atomic mass is 10.1. The summed E-state index contributed by atoms with van der Waals surface area (Å²) in [5.74, 6) is 0.0506. The van der Waals surface area contributed by atoms with Crippen molar-refractivity contribution in [1.82, 2.24) is 0 Å². The first-order chi connectivity index (χ1) is 7.22. The zero-order chi connectivity index (χ0) is 11.1. The van der Waals surface area contributed by atoms with Crippen LogP contribution in [0.3, 0.4) is 0 Å². The molecule has 1 aromatic rings. The van der Waals surface area contributed by atoms with Crippen molar-refractivity contribution in [3.05, 3.63) is 29.8 Å². The molecule has 0 saturated carbocycles. The van der Waals surface area contributed by atoms with Crippen LogP contribution >= 0.6 is 0 Å². The van der Waals surface area contributed by atoms with Gasteiger partial charge in [0.15, 0.2) is 0 Å². The predicted molar refractivity (Wildman–Crippen MR) is 57.7 cm³/mol. The average molecular weight is 208 g/mol. The minimum absolute atomic E-state index is 0.180. The zero-order valence-electron chi connectivity index (χ0n) is 8.90. The van der Waals surface area contributed by atoms with E-state index in [9.17, 15) is 9.90 Å². The highest BCUT2D eigenvalue weighted by Crippen LogP contribution is 2.12. The Morgan fingerprint density at radius 1 is 1.47 bits per heavy atom. The second kappa shape index (κ2) is 6.06. The maximum Gasteiger partial charge on any atom is 0.306 e. The number of carbonyl (C=O) groups is 1. The number of benzene rings is 1. The van der Waals surface area contributed by atoms with E-state index in [-0.39, 0.29) is 11.7 Å². The summed E-state index contributed by atoms with van der Waals surface area (Å²) in [5, 5.41) is 9.20. The van der Waals surface area contributed by atoms with E-state index in [4.69, 9.17) is 4.74 Å². The van der Waals surface area contributed by atoms with Crippen LogP contribution in [0.1, 0.15) is 25.3 Å². The Hall–Kier alpha value is -1.51. The first-order valence-corrected chi connectivity index (χ1v) is 5.16. The molecule has 0 fully saturated rings. The highest BCUT2D eigenvalue weighted by atomic mass is 16.5. The van der Waals surface area contributed by atoms with Gasteiger partial charge in [0, 0.05) is 6.42 Å². The van der Waals surface area contributed by atoms with Crippen molar-refractivity contribution in [3.8, 4) is 5.75 Å². The quantitative estimate of drug-likeness (QED) is 0.755. The van der Waals surface area contributed by atoms with E-state index in [0.29, 0.717) is 19.4 Å². The van der Waals surface area contributed by atoms with Crippen LogP contribution in [0.5, 0.6) is 5.75 Å². The fourth-order valence-electron chi connectivity index (χ4n) is 1.25. The molecule has 0 aliphatic carbocycles. The monoisotopic (exact) mass is 208 g/mol. The molecule has 3 heteroatoms. The standard InChI is InChI=1S/C12H16O3/c1-2-8-15-12(14)7-6-10-4-3-5-11(13)9-10/h3-5,9,13H,2,6-8H2,1H3. The number of hydrogen-bond donors (Lipinski definition) is 1. The van der Waals surface area contributed by atoms with E-state index < -0.39 is 0 Å². The van der Waals surface area contributed by atoms with Crippen molar-refractivity contribution < 1.29 is 14.6 Å². The van der Waals surface area contributed by atoms with Gasteiger partial charge in [0.2, 0.25) is 0 Å². The van der Waals surface area contributed by atoms with Crippen molar-refractivity contribution in [2.45, 2.75) is 26.2 Å². The van der Waals surface area contributed by atoms with Crippen LogP contribution in [0.15, 0.2) is 24.3 Å². The van der Waals surface area contributed by atoms with E-state index in [1.807, 2.05) is 13.0 Å². The number of ether oxygens (including phenoxy) is 1. The summed E-state index contributed by atoms with van der Waals surface area (Å²) >= 11 is 0. The molecule has 1 rings (SSSR count). The largest absolute Gasteiger partial charge is 0.508 e. The molecule has 0 spiro atoms. The van der Waals surface area contributed by atoms with Gasteiger partial charge in [0.25, 0.3) is 0 Å². The van der Waals surface area contributed by atoms with Gasteiger partial charge in [-0.05, 0) is 30.5 Å². The molecule has 3 nitrogen and oxygen atoms in total.